The van der Waals surface area contributed by atoms with Gasteiger partial charge in [-0.15, -0.1) is 0 Å². The van der Waals surface area contributed by atoms with Crippen molar-refractivity contribution in [2.75, 3.05) is 6.61 Å². The molecule has 0 saturated carbocycles. The predicted molar refractivity (Wildman–Crippen MR) is 149 cm³/mol. The topological polar surface area (TPSA) is 65.7 Å². The van der Waals surface area contributed by atoms with Crippen LogP contribution < -0.4 is 15.0 Å². The lowest BCUT2D eigenvalue weighted by atomic mass is 10.2. The van der Waals surface area contributed by atoms with E-state index in [1.165, 1.54) is 4.68 Å². The second kappa shape index (κ2) is 11.9. The van der Waals surface area contributed by atoms with Gasteiger partial charge in [-0.25, -0.2) is 4.98 Å². The van der Waals surface area contributed by atoms with Crippen LogP contribution in [0.1, 0.15) is 37.2 Å². The Morgan fingerprint density at radius 2 is 1.83 bits per heavy atom. The average molecular weight is 589 g/mol. The highest BCUT2D eigenvalue weighted by Crippen LogP contribution is 2.37. The molecule has 4 aromatic rings. The minimum absolute atomic E-state index is 0.236. The molecule has 1 aromatic heterocycles. The van der Waals surface area contributed by atoms with Crippen molar-refractivity contribution in [2.24, 2.45) is 5.10 Å². The minimum Gasteiger partial charge on any atom is -0.490 e. The lowest BCUT2D eigenvalue weighted by Crippen LogP contribution is -2.22. The number of hydrogen-bond donors (Lipinski definition) is 0. The molecular formula is C27H24BrCl2N3O3. The van der Waals surface area contributed by atoms with Crippen LogP contribution in [0.5, 0.6) is 11.5 Å². The van der Waals surface area contributed by atoms with Gasteiger partial charge in [0.2, 0.25) is 0 Å². The van der Waals surface area contributed by atoms with E-state index < -0.39 is 0 Å². The molecule has 6 nitrogen and oxygen atoms in total. The molecule has 0 spiro atoms. The van der Waals surface area contributed by atoms with Crippen LogP contribution >= 0.6 is 39.1 Å². The third-order valence-corrected chi connectivity index (χ3v) is 6.33. The molecule has 0 unspecified atom stereocenters. The second-order valence-electron chi connectivity index (χ2n) is 7.98. The molecule has 0 fully saturated rings. The standard InChI is InChI=1S/C27H24BrCl2N3O3/c1-3-5-25-32-23-11-8-19(28)14-21(23)27(34)33(25)31-15-18-12-22(30)26(24(13-18)35-4-2)36-16-17-6-9-20(29)10-7-17/h6-15H,3-5,16H2,1-2H3. The van der Waals surface area contributed by atoms with E-state index in [2.05, 4.69) is 26.0 Å². The van der Waals surface area contributed by atoms with Gasteiger partial charge in [0.25, 0.3) is 5.56 Å². The summed E-state index contributed by atoms with van der Waals surface area (Å²) in [5, 5.41) is 6.00. The van der Waals surface area contributed by atoms with Crippen LogP contribution in [0.4, 0.5) is 0 Å². The minimum atomic E-state index is -0.236. The number of nitrogens with zero attached hydrogens (tertiary/aromatic N) is 3. The van der Waals surface area contributed by atoms with Gasteiger partial charge in [-0.1, -0.05) is 58.2 Å². The van der Waals surface area contributed by atoms with Crippen molar-refractivity contribution < 1.29 is 9.47 Å². The normalized spacial score (nSPS) is 11.4. The van der Waals surface area contributed by atoms with E-state index in [0.29, 0.717) is 63.5 Å². The lowest BCUT2D eigenvalue weighted by Gasteiger charge is -2.14. The Morgan fingerprint density at radius 3 is 2.56 bits per heavy atom. The Balaban J connectivity index is 1.68. The Labute approximate surface area is 227 Å². The molecular weight excluding hydrogens is 565 g/mol. The van der Waals surface area contributed by atoms with E-state index in [4.69, 9.17) is 32.7 Å². The number of hydrogen-bond acceptors (Lipinski definition) is 5. The Kier molecular flexibility index (Phi) is 8.67. The maximum atomic E-state index is 13.2. The molecule has 9 heteroatoms. The molecule has 0 aliphatic rings. The first-order valence-corrected chi connectivity index (χ1v) is 13.0. The highest BCUT2D eigenvalue weighted by molar-refractivity contribution is 9.10. The van der Waals surface area contributed by atoms with Crippen LogP contribution in [0.2, 0.25) is 10.0 Å². The Bertz CT molecular complexity index is 1470. The summed E-state index contributed by atoms with van der Waals surface area (Å²) in [7, 11) is 0. The van der Waals surface area contributed by atoms with Crippen LogP contribution in [0.3, 0.4) is 0 Å². The van der Waals surface area contributed by atoms with Crippen molar-refractivity contribution in [3.8, 4) is 11.5 Å². The number of benzene rings is 3. The van der Waals surface area contributed by atoms with Crippen LogP contribution in [0, 0.1) is 0 Å². The largest absolute Gasteiger partial charge is 0.490 e. The van der Waals surface area contributed by atoms with E-state index in [0.717, 1.165) is 16.5 Å². The molecule has 36 heavy (non-hydrogen) atoms. The fourth-order valence-electron chi connectivity index (χ4n) is 3.63. The molecule has 0 amide bonds. The monoisotopic (exact) mass is 587 g/mol. The highest BCUT2D eigenvalue weighted by atomic mass is 79.9. The molecule has 0 aliphatic heterocycles. The number of fused-ring (bicyclic) bond motifs is 1. The number of aromatic nitrogens is 2. The summed E-state index contributed by atoms with van der Waals surface area (Å²) >= 11 is 16.0. The van der Waals surface area contributed by atoms with Crippen molar-refractivity contribution in [1.29, 1.82) is 0 Å². The quantitative estimate of drug-likeness (QED) is 0.193. The van der Waals surface area contributed by atoms with Crippen LogP contribution in [-0.4, -0.2) is 22.5 Å². The maximum absolute atomic E-state index is 13.2. The van der Waals surface area contributed by atoms with E-state index in [1.807, 2.05) is 38.1 Å². The molecule has 0 saturated heterocycles. The Morgan fingerprint density at radius 1 is 1.06 bits per heavy atom. The van der Waals surface area contributed by atoms with Crippen molar-refractivity contribution in [2.45, 2.75) is 33.3 Å². The first kappa shape index (κ1) is 26.2. The number of aryl methyl sites for hydroxylation is 1. The van der Waals surface area contributed by atoms with Gasteiger partial charge in [0.15, 0.2) is 11.5 Å². The number of rotatable bonds is 9. The van der Waals surface area contributed by atoms with Crippen LogP contribution in [0.25, 0.3) is 10.9 Å². The SMILES string of the molecule is CCCc1nc2ccc(Br)cc2c(=O)n1N=Cc1cc(Cl)c(OCc2ccc(Cl)cc2)c(OCC)c1. The molecule has 0 N–H and O–H groups in total. The van der Waals surface area contributed by atoms with Crippen molar-refractivity contribution in [3.05, 3.63) is 96.4 Å². The third-order valence-electron chi connectivity index (χ3n) is 5.30. The van der Waals surface area contributed by atoms with Gasteiger partial charge in [0, 0.05) is 15.9 Å². The summed E-state index contributed by atoms with van der Waals surface area (Å²) in [5.74, 6) is 1.52. The average Bonchev–Trinajstić information content (AvgIpc) is 2.85. The van der Waals surface area contributed by atoms with E-state index in [-0.39, 0.29) is 5.56 Å². The fourth-order valence-corrected chi connectivity index (χ4v) is 4.39. The number of ether oxygens (including phenoxy) is 2. The van der Waals surface area contributed by atoms with Crippen molar-refractivity contribution in [3.63, 3.8) is 0 Å². The molecule has 0 radical (unpaired) electrons. The summed E-state index contributed by atoms with van der Waals surface area (Å²) in [5.41, 5.74) is 2.01. The maximum Gasteiger partial charge on any atom is 0.282 e. The first-order valence-electron chi connectivity index (χ1n) is 11.5. The fraction of sp³-hybridized carbons (Fsp3) is 0.222. The zero-order valence-corrected chi connectivity index (χ0v) is 22.9. The molecule has 186 valence electrons. The molecule has 0 bridgehead atoms. The first-order chi connectivity index (χ1) is 17.4. The van der Waals surface area contributed by atoms with Gasteiger partial charge in [0.05, 0.1) is 28.7 Å². The molecule has 1 heterocycles. The van der Waals surface area contributed by atoms with Gasteiger partial charge in [-0.3, -0.25) is 4.79 Å². The smallest absolute Gasteiger partial charge is 0.282 e. The second-order valence-corrected chi connectivity index (χ2v) is 9.74. The molecule has 0 aliphatic carbocycles. The summed E-state index contributed by atoms with van der Waals surface area (Å²) in [6, 6.07) is 16.3. The summed E-state index contributed by atoms with van der Waals surface area (Å²) in [6.07, 6.45) is 3.01. The van der Waals surface area contributed by atoms with Crippen LogP contribution in [-0.2, 0) is 13.0 Å². The predicted octanol–water partition coefficient (Wildman–Crippen LogP) is 7.28. The molecule has 4 rings (SSSR count). The third kappa shape index (κ3) is 6.09. The van der Waals surface area contributed by atoms with Crippen LogP contribution in [0.15, 0.2) is 69.0 Å². The van der Waals surface area contributed by atoms with E-state index in [9.17, 15) is 4.79 Å². The van der Waals surface area contributed by atoms with Gasteiger partial charge in [-0.05, 0) is 66.9 Å². The molecule has 0 atom stereocenters. The highest BCUT2D eigenvalue weighted by Gasteiger charge is 2.14. The van der Waals surface area contributed by atoms with Gasteiger partial charge in [-0.2, -0.15) is 9.78 Å². The summed E-state index contributed by atoms with van der Waals surface area (Å²) in [4.78, 5) is 17.9. The van der Waals surface area contributed by atoms with Gasteiger partial charge >= 0.3 is 0 Å². The Hall–Kier alpha value is -2.87. The van der Waals surface area contributed by atoms with Gasteiger partial charge < -0.3 is 9.47 Å². The van der Waals surface area contributed by atoms with Crippen molar-refractivity contribution in [1.82, 2.24) is 9.66 Å². The summed E-state index contributed by atoms with van der Waals surface area (Å²) in [6.45, 7) is 4.65. The van der Waals surface area contributed by atoms with E-state index >= 15 is 0 Å². The summed E-state index contributed by atoms with van der Waals surface area (Å²) < 4.78 is 13.9. The van der Waals surface area contributed by atoms with Crippen molar-refractivity contribution >= 4 is 56.2 Å². The lowest BCUT2D eigenvalue weighted by molar-refractivity contribution is 0.269. The van der Waals surface area contributed by atoms with Gasteiger partial charge in [0.1, 0.15) is 12.4 Å². The molecule has 3 aromatic carbocycles. The zero-order chi connectivity index (χ0) is 25.7. The number of halogens is 3. The zero-order valence-electron chi connectivity index (χ0n) is 19.8. The van der Waals surface area contributed by atoms with E-state index in [1.54, 1.807) is 36.5 Å².